The molecule has 0 radical (unpaired) electrons. The van der Waals surface area contributed by atoms with E-state index in [4.69, 9.17) is 0 Å². The minimum absolute atomic E-state index is 0.542. The van der Waals surface area contributed by atoms with Crippen LogP contribution in [-0.2, 0) is 6.54 Å². The number of hydrogen-bond donors (Lipinski definition) is 3. The van der Waals surface area contributed by atoms with Gasteiger partial charge in [0.05, 0.1) is 6.54 Å². The van der Waals surface area contributed by atoms with Gasteiger partial charge in [-0.2, -0.15) is 0 Å². The van der Waals surface area contributed by atoms with Crippen molar-refractivity contribution in [3.8, 4) is 0 Å². The van der Waals surface area contributed by atoms with Gasteiger partial charge < -0.3 is 15.6 Å². The summed E-state index contributed by atoms with van der Waals surface area (Å²) in [4.78, 5) is 7.31. The predicted molar refractivity (Wildman–Crippen MR) is 65.1 cm³/mol. The van der Waals surface area contributed by atoms with Crippen molar-refractivity contribution in [2.24, 2.45) is 0 Å². The second-order valence-corrected chi connectivity index (χ2v) is 4.70. The lowest BCUT2D eigenvalue weighted by atomic mass is 9.99. The Morgan fingerprint density at radius 3 is 3.19 bits per heavy atom. The van der Waals surface area contributed by atoms with Crippen LogP contribution in [0.1, 0.15) is 38.4 Å². The van der Waals surface area contributed by atoms with E-state index in [1.807, 2.05) is 6.20 Å². The van der Waals surface area contributed by atoms with Crippen molar-refractivity contribution in [3.05, 3.63) is 18.2 Å². The van der Waals surface area contributed by atoms with Gasteiger partial charge in [-0.25, -0.2) is 4.98 Å². The van der Waals surface area contributed by atoms with Crippen LogP contribution in [-0.4, -0.2) is 28.6 Å². The lowest BCUT2D eigenvalue weighted by Gasteiger charge is -2.26. The molecular formula is C12H22N4. The van der Waals surface area contributed by atoms with Crippen LogP contribution < -0.4 is 10.6 Å². The van der Waals surface area contributed by atoms with Gasteiger partial charge >= 0.3 is 0 Å². The van der Waals surface area contributed by atoms with Crippen molar-refractivity contribution in [1.82, 2.24) is 20.6 Å². The molecule has 0 amide bonds. The summed E-state index contributed by atoms with van der Waals surface area (Å²) < 4.78 is 0. The average molecular weight is 222 g/mol. The lowest BCUT2D eigenvalue weighted by molar-refractivity contribution is 0.343. The van der Waals surface area contributed by atoms with Crippen molar-refractivity contribution in [2.75, 3.05) is 6.54 Å². The van der Waals surface area contributed by atoms with Crippen molar-refractivity contribution < 1.29 is 0 Å². The summed E-state index contributed by atoms with van der Waals surface area (Å²) in [6.07, 6.45) is 8.91. The summed E-state index contributed by atoms with van der Waals surface area (Å²) in [6.45, 7) is 4.27. The molecule has 1 saturated heterocycles. The van der Waals surface area contributed by atoms with Crippen LogP contribution in [0.5, 0.6) is 0 Å². The fourth-order valence-corrected chi connectivity index (χ4v) is 2.30. The maximum absolute atomic E-state index is 4.20. The lowest BCUT2D eigenvalue weighted by Crippen LogP contribution is -2.39. The molecule has 1 aliphatic rings. The molecule has 0 aromatic carbocycles. The van der Waals surface area contributed by atoms with E-state index in [1.54, 1.807) is 6.20 Å². The number of H-pyrrole nitrogens is 1. The molecule has 2 rings (SSSR count). The normalized spacial score (nSPS) is 23.2. The molecule has 2 unspecified atom stereocenters. The van der Waals surface area contributed by atoms with Gasteiger partial charge in [0, 0.05) is 24.5 Å². The van der Waals surface area contributed by atoms with E-state index in [0.29, 0.717) is 12.1 Å². The largest absolute Gasteiger partial charge is 0.348 e. The topological polar surface area (TPSA) is 52.7 Å². The average Bonchev–Trinajstić information content (AvgIpc) is 2.81. The van der Waals surface area contributed by atoms with Crippen LogP contribution in [0.25, 0.3) is 0 Å². The summed E-state index contributed by atoms with van der Waals surface area (Å²) in [6, 6.07) is 1.24. The van der Waals surface area contributed by atoms with Crippen molar-refractivity contribution in [2.45, 2.75) is 51.2 Å². The molecule has 1 aliphatic heterocycles. The van der Waals surface area contributed by atoms with Crippen molar-refractivity contribution in [3.63, 3.8) is 0 Å². The van der Waals surface area contributed by atoms with Crippen molar-refractivity contribution >= 4 is 0 Å². The zero-order valence-corrected chi connectivity index (χ0v) is 10.00. The molecule has 16 heavy (non-hydrogen) atoms. The van der Waals surface area contributed by atoms with Crippen molar-refractivity contribution in [1.29, 1.82) is 0 Å². The number of piperidine rings is 1. The maximum Gasteiger partial charge on any atom is 0.120 e. The zero-order valence-electron chi connectivity index (χ0n) is 10.00. The molecule has 4 heteroatoms. The quantitative estimate of drug-likeness (QED) is 0.706. The number of nitrogens with zero attached hydrogens (tertiary/aromatic N) is 1. The first kappa shape index (κ1) is 11.6. The first-order chi connectivity index (χ1) is 7.84. The van der Waals surface area contributed by atoms with Crippen LogP contribution in [0.4, 0.5) is 0 Å². The standard InChI is InChI=1S/C12H22N4/c1-10(8-11-4-2-3-5-13-11)16-9-12-14-6-7-15-12/h6-7,10-11,13,16H,2-5,8-9H2,1H3,(H,14,15). The first-order valence-corrected chi connectivity index (χ1v) is 6.29. The van der Waals surface area contributed by atoms with Gasteiger partial charge in [0.2, 0.25) is 0 Å². The molecule has 2 heterocycles. The Morgan fingerprint density at radius 1 is 1.56 bits per heavy atom. The van der Waals surface area contributed by atoms with Gasteiger partial charge in [-0.1, -0.05) is 6.42 Å². The summed E-state index contributed by atoms with van der Waals surface area (Å²) in [5, 5.41) is 7.08. The number of aromatic nitrogens is 2. The zero-order chi connectivity index (χ0) is 11.2. The summed E-state index contributed by atoms with van der Waals surface area (Å²) >= 11 is 0. The number of nitrogens with one attached hydrogen (secondary N) is 3. The highest BCUT2D eigenvalue weighted by Crippen LogP contribution is 2.11. The number of imidazole rings is 1. The van der Waals surface area contributed by atoms with Gasteiger partial charge in [-0.3, -0.25) is 0 Å². The highest BCUT2D eigenvalue weighted by Gasteiger charge is 2.15. The monoisotopic (exact) mass is 222 g/mol. The van der Waals surface area contributed by atoms with E-state index in [1.165, 1.54) is 32.2 Å². The van der Waals surface area contributed by atoms with Gasteiger partial charge in [0.15, 0.2) is 0 Å². The highest BCUT2D eigenvalue weighted by molar-refractivity contribution is 4.87. The molecule has 0 bridgehead atoms. The Bertz CT molecular complexity index is 277. The summed E-state index contributed by atoms with van der Waals surface area (Å²) in [7, 11) is 0. The minimum Gasteiger partial charge on any atom is -0.348 e. The van der Waals surface area contributed by atoms with Gasteiger partial charge in [0.1, 0.15) is 5.82 Å². The minimum atomic E-state index is 0.542. The molecule has 0 spiro atoms. The molecule has 4 nitrogen and oxygen atoms in total. The van der Waals surface area contributed by atoms with E-state index >= 15 is 0 Å². The second-order valence-electron chi connectivity index (χ2n) is 4.70. The molecule has 1 aromatic rings. The first-order valence-electron chi connectivity index (χ1n) is 6.29. The van der Waals surface area contributed by atoms with E-state index in [9.17, 15) is 0 Å². The molecule has 0 aliphatic carbocycles. The summed E-state index contributed by atoms with van der Waals surface area (Å²) in [5.41, 5.74) is 0. The molecule has 1 aromatic heterocycles. The van der Waals surface area contributed by atoms with Crippen LogP contribution in [0.3, 0.4) is 0 Å². The molecule has 0 saturated carbocycles. The third-order valence-corrected chi connectivity index (χ3v) is 3.22. The Kier molecular flexibility index (Phi) is 4.36. The fraction of sp³-hybridized carbons (Fsp3) is 0.750. The van der Waals surface area contributed by atoms with Gasteiger partial charge in [-0.05, 0) is 32.7 Å². The SMILES string of the molecule is CC(CC1CCCCN1)NCc1ncc[nH]1. The van der Waals surface area contributed by atoms with Crippen LogP contribution in [0, 0.1) is 0 Å². The Morgan fingerprint density at radius 2 is 2.50 bits per heavy atom. The van der Waals surface area contributed by atoms with Crippen LogP contribution >= 0.6 is 0 Å². The Labute approximate surface area is 97.2 Å². The molecule has 2 atom stereocenters. The fourth-order valence-electron chi connectivity index (χ4n) is 2.30. The Hall–Kier alpha value is -0.870. The Balaban J connectivity index is 1.65. The van der Waals surface area contributed by atoms with Crippen LogP contribution in [0.2, 0.25) is 0 Å². The number of hydrogen-bond acceptors (Lipinski definition) is 3. The van der Waals surface area contributed by atoms with E-state index in [0.717, 1.165) is 12.4 Å². The summed E-state index contributed by atoms with van der Waals surface area (Å²) in [5.74, 6) is 1.02. The number of rotatable bonds is 5. The number of aromatic amines is 1. The third-order valence-electron chi connectivity index (χ3n) is 3.22. The van der Waals surface area contributed by atoms with Crippen LogP contribution in [0.15, 0.2) is 12.4 Å². The molecule has 1 fully saturated rings. The van der Waals surface area contributed by atoms with Gasteiger partial charge in [-0.15, -0.1) is 0 Å². The molecule has 3 N–H and O–H groups in total. The maximum atomic E-state index is 4.20. The molecule has 90 valence electrons. The highest BCUT2D eigenvalue weighted by atomic mass is 15.0. The molecular weight excluding hydrogens is 200 g/mol. The smallest absolute Gasteiger partial charge is 0.120 e. The van der Waals surface area contributed by atoms with E-state index in [-0.39, 0.29) is 0 Å². The predicted octanol–water partition coefficient (Wildman–Crippen LogP) is 1.42. The van der Waals surface area contributed by atoms with E-state index < -0.39 is 0 Å². The second kappa shape index (κ2) is 6.01. The third kappa shape index (κ3) is 3.61. The van der Waals surface area contributed by atoms with E-state index in [2.05, 4.69) is 27.5 Å². The van der Waals surface area contributed by atoms with Gasteiger partial charge in [0.25, 0.3) is 0 Å².